The summed E-state index contributed by atoms with van der Waals surface area (Å²) in [6.07, 6.45) is -0.478. The third kappa shape index (κ3) is 5.21. The molecule has 1 saturated heterocycles. The molecule has 2 amide bonds. The molecule has 1 aliphatic heterocycles. The summed E-state index contributed by atoms with van der Waals surface area (Å²) in [6.45, 7) is 8.43. The topological polar surface area (TPSA) is 95.4 Å². The van der Waals surface area contributed by atoms with Gasteiger partial charge < -0.3 is 15.3 Å². The maximum absolute atomic E-state index is 13.5. The Morgan fingerprint density at radius 3 is 2.56 bits per heavy atom. The van der Waals surface area contributed by atoms with Crippen LogP contribution in [0.1, 0.15) is 48.0 Å². The molecule has 0 saturated carbocycles. The van der Waals surface area contributed by atoms with Crippen molar-refractivity contribution in [2.24, 2.45) is 5.92 Å². The first kappa shape index (κ1) is 24.5. The lowest BCUT2D eigenvalue weighted by Crippen LogP contribution is -2.48. The number of nitrogens with zero attached hydrogens (tertiary/aromatic N) is 3. The summed E-state index contributed by atoms with van der Waals surface area (Å²) < 4.78 is 4.45. The van der Waals surface area contributed by atoms with Crippen molar-refractivity contribution in [3.8, 4) is 10.4 Å². The number of rotatable bonds is 7. The van der Waals surface area contributed by atoms with Crippen molar-refractivity contribution < 1.29 is 14.7 Å². The molecule has 3 aromatic rings. The van der Waals surface area contributed by atoms with Crippen LogP contribution in [0, 0.1) is 19.8 Å². The van der Waals surface area contributed by atoms with Crippen LogP contribution in [-0.4, -0.2) is 49.9 Å². The van der Waals surface area contributed by atoms with Crippen LogP contribution in [0.4, 0.5) is 0 Å². The monoisotopic (exact) mass is 498 g/mol. The predicted octanol–water partition coefficient (Wildman–Crippen LogP) is 3.90. The number of hydrogen-bond acceptors (Lipinski definition) is 7. The molecular weight excluding hydrogens is 468 g/mol. The SMILES string of the molecule is Cc1cc(C(C(=O)N2C[C@H](O)C[C@H]2C(=O)NCc2ccc(-c3scnc3C)cc2)C(C)C)ns1. The molecule has 0 radical (unpaired) electrons. The van der Waals surface area contributed by atoms with E-state index in [9.17, 15) is 14.7 Å². The Labute approximate surface area is 208 Å². The molecule has 0 aliphatic carbocycles. The van der Waals surface area contributed by atoms with Crippen LogP contribution in [0.15, 0.2) is 35.8 Å². The largest absolute Gasteiger partial charge is 0.391 e. The van der Waals surface area contributed by atoms with Crippen LogP contribution in [0.25, 0.3) is 10.4 Å². The summed E-state index contributed by atoms with van der Waals surface area (Å²) in [7, 11) is 0. The third-order valence-corrected chi connectivity index (χ3v) is 7.88. The minimum Gasteiger partial charge on any atom is -0.391 e. The highest BCUT2D eigenvalue weighted by molar-refractivity contribution is 7.13. The molecule has 3 heterocycles. The van der Waals surface area contributed by atoms with Crippen LogP contribution < -0.4 is 5.32 Å². The van der Waals surface area contributed by atoms with Gasteiger partial charge in [-0.2, -0.15) is 4.37 Å². The smallest absolute Gasteiger partial charge is 0.243 e. The van der Waals surface area contributed by atoms with E-state index in [1.807, 2.05) is 63.5 Å². The van der Waals surface area contributed by atoms with E-state index in [1.54, 1.807) is 11.3 Å². The van der Waals surface area contributed by atoms with E-state index in [-0.39, 0.29) is 30.7 Å². The van der Waals surface area contributed by atoms with Crippen molar-refractivity contribution in [3.63, 3.8) is 0 Å². The Balaban J connectivity index is 1.43. The van der Waals surface area contributed by atoms with Crippen molar-refractivity contribution in [2.75, 3.05) is 6.54 Å². The Kier molecular flexibility index (Phi) is 7.45. The average Bonchev–Trinajstić information content (AvgIpc) is 3.52. The summed E-state index contributed by atoms with van der Waals surface area (Å²) in [4.78, 5) is 34.6. The molecule has 1 aliphatic rings. The number of hydrogen-bond donors (Lipinski definition) is 2. The molecular formula is C25H30N4O3S2. The number of aliphatic hydroxyl groups is 1. The summed E-state index contributed by atoms with van der Waals surface area (Å²) in [6, 6.07) is 9.27. The number of aryl methyl sites for hydroxylation is 2. The first-order valence-corrected chi connectivity index (χ1v) is 13.1. The quantitative estimate of drug-likeness (QED) is 0.515. The lowest BCUT2D eigenvalue weighted by Gasteiger charge is -2.29. The van der Waals surface area contributed by atoms with Crippen LogP contribution in [0.2, 0.25) is 0 Å². The Morgan fingerprint density at radius 2 is 1.97 bits per heavy atom. The number of thiazole rings is 1. The van der Waals surface area contributed by atoms with Crippen LogP contribution in [-0.2, 0) is 16.1 Å². The number of amides is 2. The molecule has 1 fully saturated rings. The molecule has 34 heavy (non-hydrogen) atoms. The highest BCUT2D eigenvalue weighted by Crippen LogP contribution is 2.31. The lowest BCUT2D eigenvalue weighted by molar-refractivity contribution is -0.140. The molecule has 180 valence electrons. The Hall–Kier alpha value is -2.62. The van der Waals surface area contributed by atoms with Crippen molar-refractivity contribution in [1.29, 1.82) is 0 Å². The number of likely N-dealkylation sites (tertiary alicyclic amines) is 1. The number of benzene rings is 1. The summed E-state index contributed by atoms with van der Waals surface area (Å²) in [5, 5.41) is 13.3. The minimum absolute atomic E-state index is 0.0242. The van der Waals surface area contributed by atoms with E-state index < -0.39 is 18.1 Å². The molecule has 3 atom stereocenters. The molecule has 2 aromatic heterocycles. The zero-order valence-electron chi connectivity index (χ0n) is 19.8. The molecule has 1 aromatic carbocycles. The molecule has 1 unspecified atom stereocenters. The highest BCUT2D eigenvalue weighted by Gasteiger charge is 2.42. The second-order valence-corrected chi connectivity index (χ2v) is 11.0. The minimum atomic E-state index is -0.716. The molecule has 0 bridgehead atoms. The van der Waals surface area contributed by atoms with Crippen LogP contribution >= 0.6 is 22.9 Å². The number of carbonyl (C=O) groups excluding carboxylic acids is 2. The second-order valence-electron chi connectivity index (χ2n) is 9.16. The third-order valence-electron chi connectivity index (χ3n) is 6.19. The maximum Gasteiger partial charge on any atom is 0.243 e. The van der Waals surface area contributed by atoms with Gasteiger partial charge in [0.2, 0.25) is 11.8 Å². The first-order valence-electron chi connectivity index (χ1n) is 11.4. The van der Waals surface area contributed by atoms with E-state index >= 15 is 0 Å². The maximum atomic E-state index is 13.5. The van der Waals surface area contributed by atoms with Gasteiger partial charge in [-0.25, -0.2) is 4.98 Å². The summed E-state index contributed by atoms with van der Waals surface area (Å²) >= 11 is 2.98. The van der Waals surface area contributed by atoms with E-state index in [1.165, 1.54) is 16.4 Å². The number of aromatic nitrogens is 2. The van der Waals surface area contributed by atoms with Gasteiger partial charge in [0.1, 0.15) is 6.04 Å². The Morgan fingerprint density at radius 1 is 1.24 bits per heavy atom. The van der Waals surface area contributed by atoms with Gasteiger partial charge in [0.25, 0.3) is 0 Å². The van der Waals surface area contributed by atoms with Gasteiger partial charge in [-0.3, -0.25) is 9.59 Å². The van der Waals surface area contributed by atoms with Gasteiger partial charge in [0.15, 0.2) is 0 Å². The zero-order valence-corrected chi connectivity index (χ0v) is 21.4. The van der Waals surface area contributed by atoms with Crippen molar-refractivity contribution in [1.82, 2.24) is 19.6 Å². The van der Waals surface area contributed by atoms with E-state index in [0.717, 1.165) is 32.3 Å². The Bertz CT molecular complexity index is 1160. The number of nitrogens with one attached hydrogen (secondary N) is 1. The molecule has 2 N–H and O–H groups in total. The fraction of sp³-hybridized carbons (Fsp3) is 0.440. The fourth-order valence-corrected chi connectivity index (χ4v) is 5.83. The van der Waals surface area contributed by atoms with E-state index in [4.69, 9.17) is 0 Å². The number of β-amino-alcohol motifs (C(OH)–C–C–N with tert-alkyl or cyclic N) is 1. The fourth-order valence-electron chi connectivity index (χ4n) is 4.43. The summed E-state index contributed by atoms with van der Waals surface area (Å²) in [5.41, 5.74) is 5.64. The van der Waals surface area contributed by atoms with E-state index in [0.29, 0.717) is 6.54 Å². The van der Waals surface area contributed by atoms with Gasteiger partial charge in [-0.15, -0.1) is 11.3 Å². The standard InChI is InChI=1S/C25H30N4O3S2/c1-14(2)22(20-9-15(3)34-28-20)25(32)29-12-19(30)10-21(29)24(31)26-11-17-5-7-18(8-6-17)23-16(4)27-13-33-23/h5-9,13-14,19,21-22,30H,10-12H2,1-4H3,(H,26,31)/t19-,21+,22?/m1/s1. The summed E-state index contributed by atoms with van der Waals surface area (Å²) in [5.74, 6) is -0.810. The zero-order chi connectivity index (χ0) is 24.4. The number of aliphatic hydroxyl groups excluding tert-OH is 1. The lowest BCUT2D eigenvalue weighted by atomic mass is 9.90. The first-order chi connectivity index (χ1) is 16.2. The normalized spacial score (nSPS) is 18.9. The van der Waals surface area contributed by atoms with Gasteiger partial charge >= 0.3 is 0 Å². The molecule has 4 rings (SSSR count). The van der Waals surface area contributed by atoms with Gasteiger partial charge in [0.05, 0.1) is 33.8 Å². The number of carbonyl (C=O) groups is 2. The predicted molar refractivity (Wildman–Crippen MR) is 135 cm³/mol. The molecule has 7 nitrogen and oxygen atoms in total. The molecule has 9 heteroatoms. The average molecular weight is 499 g/mol. The molecule has 0 spiro atoms. The van der Waals surface area contributed by atoms with Crippen molar-refractivity contribution in [3.05, 3.63) is 57.7 Å². The van der Waals surface area contributed by atoms with Crippen molar-refractivity contribution in [2.45, 2.75) is 58.7 Å². The second kappa shape index (κ2) is 10.3. The highest BCUT2D eigenvalue weighted by atomic mass is 32.1. The van der Waals surface area contributed by atoms with Crippen molar-refractivity contribution >= 4 is 34.7 Å². The van der Waals surface area contributed by atoms with Crippen LogP contribution in [0.5, 0.6) is 0 Å². The van der Waals surface area contributed by atoms with Gasteiger partial charge in [-0.05, 0) is 48.5 Å². The van der Waals surface area contributed by atoms with Gasteiger partial charge in [0, 0.05) is 24.4 Å². The van der Waals surface area contributed by atoms with Gasteiger partial charge in [-0.1, -0.05) is 38.1 Å². The van der Waals surface area contributed by atoms with Crippen LogP contribution in [0.3, 0.4) is 0 Å². The van der Waals surface area contributed by atoms with E-state index in [2.05, 4.69) is 14.7 Å².